The molecule has 4 aromatic heterocycles. The van der Waals surface area contributed by atoms with Crippen LogP contribution in [0.5, 0.6) is 0 Å². The predicted octanol–water partition coefficient (Wildman–Crippen LogP) is 6.19. The number of ketones is 1. The van der Waals surface area contributed by atoms with Gasteiger partial charge in [-0.15, -0.1) is 11.3 Å². The van der Waals surface area contributed by atoms with Gasteiger partial charge in [0.05, 0.1) is 59.1 Å². The predicted molar refractivity (Wildman–Crippen MR) is 217 cm³/mol. The molecule has 0 saturated carbocycles. The van der Waals surface area contributed by atoms with Crippen LogP contribution in [0.3, 0.4) is 0 Å². The Morgan fingerprint density at radius 2 is 1.96 bits per heavy atom. The molecule has 1 amide bonds. The largest absolute Gasteiger partial charge is 0.464 e. The summed E-state index contributed by atoms with van der Waals surface area (Å²) in [6.45, 7) is 9.64. The fourth-order valence-electron chi connectivity index (χ4n) is 8.42. The molecule has 0 aliphatic carbocycles. The van der Waals surface area contributed by atoms with Gasteiger partial charge in [-0.25, -0.2) is 10.4 Å². The molecule has 7 heterocycles. The number of nitrogens with zero attached hydrogens (tertiary/aromatic N) is 5. The SMILES string of the molecule is CCn1c(-c2cccnc2[C@@](C)([Si])OC)c2c3cc(ccc31)-c1csc(n1)CC1(C[Si]C1C(=O)c1ccccn1)C(=O)N1CCC[C@H](N1)C(=O)OCC(C)(C)C2. The number of hydrogen-bond donors (Lipinski definition) is 1. The van der Waals surface area contributed by atoms with Gasteiger partial charge in [-0.05, 0) is 81.1 Å². The number of hydrogen-bond acceptors (Lipinski definition) is 10. The van der Waals surface area contributed by atoms with E-state index in [1.165, 1.54) is 11.3 Å². The molecule has 5 aromatic rings. The summed E-state index contributed by atoms with van der Waals surface area (Å²) < 4.78 is 14.4. The van der Waals surface area contributed by atoms with Gasteiger partial charge in [0, 0.05) is 77.4 Å². The summed E-state index contributed by atoms with van der Waals surface area (Å²) in [4.78, 5) is 57.0. The van der Waals surface area contributed by atoms with Crippen LogP contribution in [0.25, 0.3) is 33.4 Å². The average Bonchev–Trinajstić information content (AvgIpc) is 3.80. The summed E-state index contributed by atoms with van der Waals surface area (Å²) in [6.07, 6.45) is 5.47. The van der Waals surface area contributed by atoms with E-state index in [1.807, 2.05) is 13.0 Å². The lowest BCUT2D eigenvalue weighted by Gasteiger charge is -2.49. The maximum absolute atomic E-state index is 14.8. The number of thiazole rings is 1. The van der Waals surface area contributed by atoms with Gasteiger partial charge < -0.3 is 14.0 Å². The zero-order valence-electron chi connectivity index (χ0n) is 32.3. The number of Topliss-reactive ketones (excluding diaryl/α,β-unsaturated/α-hetero) is 1. The van der Waals surface area contributed by atoms with Crippen molar-refractivity contribution in [3.8, 4) is 22.5 Å². The molecule has 1 N–H and O–H groups in total. The van der Waals surface area contributed by atoms with Crippen LogP contribution in [0.15, 0.2) is 66.3 Å². The zero-order chi connectivity index (χ0) is 39.4. The van der Waals surface area contributed by atoms with Crippen LogP contribution < -0.4 is 5.43 Å². The van der Waals surface area contributed by atoms with E-state index in [-0.39, 0.29) is 27.8 Å². The van der Waals surface area contributed by atoms with Crippen LogP contribution in [0.2, 0.25) is 11.6 Å². The maximum Gasteiger partial charge on any atom is 0.324 e. The first-order valence-corrected chi connectivity index (χ1v) is 21.8. The maximum atomic E-state index is 14.8. The highest BCUT2D eigenvalue weighted by atomic mass is 32.1. The van der Waals surface area contributed by atoms with Crippen molar-refractivity contribution in [3.05, 3.63) is 88.3 Å². The van der Waals surface area contributed by atoms with E-state index >= 15 is 0 Å². The van der Waals surface area contributed by atoms with E-state index in [0.717, 1.165) is 49.7 Å². The molecule has 6 bridgehead atoms. The van der Waals surface area contributed by atoms with E-state index in [2.05, 4.69) is 75.6 Å². The van der Waals surface area contributed by atoms with E-state index < -0.39 is 33.6 Å². The number of aromatic nitrogens is 4. The third kappa shape index (κ3) is 6.78. The Morgan fingerprint density at radius 3 is 2.70 bits per heavy atom. The number of methoxy groups -OCH3 is 1. The molecule has 2 fully saturated rings. The Labute approximate surface area is 336 Å². The smallest absolute Gasteiger partial charge is 0.324 e. The number of rotatable bonds is 6. The Balaban J connectivity index is 1.28. The minimum absolute atomic E-state index is 0.130. The first-order chi connectivity index (χ1) is 26.9. The average molecular weight is 802 g/mol. The Hall–Kier alpha value is -4.35. The van der Waals surface area contributed by atoms with Crippen LogP contribution >= 0.6 is 11.3 Å². The van der Waals surface area contributed by atoms with Crippen molar-refractivity contribution in [2.45, 2.75) is 82.8 Å². The fraction of sp³-hybridized carbons (Fsp3) is 0.429. The molecule has 287 valence electrons. The lowest BCUT2D eigenvalue weighted by Crippen LogP contribution is -2.63. The molecule has 3 aliphatic heterocycles. The van der Waals surface area contributed by atoms with Crippen LogP contribution in [0.4, 0.5) is 0 Å². The zero-order valence-corrected chi connectivity index (χ0v) is 35.2. The quantitative estimate of drug-likeness (QED) is 0.122. The molecule has 56 heavy (non-hydrogen) atoms. The van der Waals surface area contributed by atoms with Crippen molar-refractivity contribution in [1.29, 1.82) is 0 Å². The normalized spacial score (nSPS) is 23.6. The van der Waals surface area contributed by atoms with Crippen molar-refractivity contribution in [1.82, 2.24) is 30.0 Å². The van der Waals surface area contributed by atoms with Gasteiger partial charge in [-0.3, -0.25) is 29.4 Å². The van der Waals surface area contributed by atoms with Gasteiger partial charge in [0.15, 0.2) is 5.78 Å². The van der Waals surface area contributed by atoms with Crippen molar-refractivity contribution in [2.75, 3.05) is 20.3 Å². The van der Waals surface area contributed by atoms with Gasteiger partial charge in [-0.1, -0.05) is 26.0 Å². The molecule has 4 atom stereocenters. The number of hydrazine groups is 1. The summed E-state index contributed by atoms with van der Waals surface area (Å²) >= 11 is 1.51. The number of aryl methyl sites for hydroxylation is 1. The number of carbonyl (C=O) groups excluding carboxylic acids is 3. The lowest BCUT2D eigenvalue weighted by atomic mass is 9.77. The highest BCUT2D eigenvalue weighted by molar-refractivity contribution is 7.10. The minimum atomic E-state index is -1.02. The van der Waals surface area contributed by atoms with E-state index in [9.17, 15) is 14.4 Å². The van der Waals surface area contributed by atoms with E-state index in [4.69, 9.17) is 19.4 Å². The highest BCUT2D eigenvalue weighted by Crippen LogP contribution is 2.52. The summed E-state index contributed by atoms with van der Waals surface area (Å²) in [7, 11) is 5.78. The number of cyclic esters (lactones) is 1. The van der Waals surface area contributed by atoms with Crippen molar-refractivity contribution >= 4 is 59.7 Å². The number of esters is 1. The van der Waals surface area contributed by atoms with Crippen molar-refractivity contribution in [3.63, 3.8) is 0 Å². The monoisotopic (exact) mass is 801 g/mol. The van der Waals surface area contributed by atoms with Crippen molar-refractivity contribution in [2.24, 2.45) is 10.8 Å². The lowest BCUT2D eigenvalue weighted by molar-refractivity contribution is -0.157. The summed E-state index contributed by atoms with van der Waals surface area (Å²) in [5.74, 6) is -0.701. The number of benzene rings is 1. The third-order valence-corrected chi connectivity index (χ3v) is 14.8. The number of nitrogens with one attached hydrogen (secondary N) is 1. The number of carbonyl (C=O) groups is 3. The first kappa shape index (κ1) is 38.5. The third-order valence-electron chi connectivity index (χ3n) is 11.5. The molecular weight excluding hydrogens is 757 g/mol. The highest BCUT2D eigenvalue weighted by Gasteiger charge is 2.58. The second-order valence-electron chi connectivity index (χ2n) is 16.0. The van der Waals surface area contributed by atoms with Gasteiger partial charge >= 0.3 is 5.97 Å². The van der Waals surface area contributed by atoms with E-state index in [0.29, 0.717) is 50.5 Å². The molecule has 5 radical (unpaired) electrons. The molecule has 3 aliphatic rings. The van der Waals surface area contributed by atoms with Crippen LogP contribution in [-0.2, 0) is 43.7 Å². The molecular formula is C42H45N6O5SSi2. The second-order valence-corrected chi connectivity index (χ2v) is 19.3. The van der Waals surface area contributed by atoms with Crippen molar-refractivity contribution < 1.29 is 23.9 Å². The molecule has 8 rings (SSSR count). The van der Waals surface area contributed by atoms with Gasteiger partial charge in [0.1, 0.15) is 11.7 Å². The number of ether oxygens (including phenoxy) is 2. The Morgan fingerprint density at radius 1 is 1.14 bits per heavy atom. The standard InChI is InChI=1S/C42H45N6O5SSi2/c1-6-47-32-15-14-25-19-27(32)28(34(47)26-11-9-17-44-36(26)41(4,55)52-5)20-40(2,3)23-53-38(50)30-13-10-18-48(46-30)39(51)42(21-33-45-31(25)22-54-33)24-56-37(42)35(49)29-12-7-8-16-43-29/h7-9,11-12,14-17,19,22,30,37,46H,6,10,13,18,20-21,23-24H2,1-5H3/t30-,37?,41+,42?/m0/s1. The minimum Gasteiger partial charge on any atom is -0.464 e. The molecule has 2 saturated heterocycles. The fourth-order valence-corrected chi connectivity index (χ4v) is 11.3. The molecule has 11 nitrogen and oxygen atoms in total. The van der Waals surface area contributed by atoms with E-state index in [1.54, 1.807) is 42.7 Å². The molecule has 1 aromatic carbocycles. The Bertz CT molecular complexity index is 2330. The van der Waals surface area contributed by atoms with Crippen LogP contribution in [-0.4, -0.2) is 88.3 Å². The Kier molecular flexibility index (Phi) is 10.2. The summed E-state index contributed by atoms with van der Waals surface area (Å²) in [5, 5.41) is 4.65. The second kappa shape index (κ2) is 14.9. The number of pyridine rings is 2. The van der Waals surface area contributed by atoms with Gasteiger partial charge in [0.25, 0.3) is 0 Å². The topological polar surface area (TPSA) is 129 Å². The summed E-state index contributed by atoms with van der Waals surface area (Å²) in [5.41, 5.74) is 8.27. The van der Waals surface area contributed by atoms with Gasteiger partial charge in [-0.2, -0.15) is 0 Å². The molecule has 2 unspecified atom stereocenters. The molecule has 1 spiro atoms. The first-order valence-electron chi connectivity index (χ1n) is 19.1. The number of amides is 1. The molecule has 14 heteroatoms. The van der Waals surface area contributed by atoms with Gasteiger partial charge in [0.2, 0.25) is 5.91 Å². The summed E-state index contributed by atoms with van der Waals surface area (Å²) in [6, 6.07) is 15.7. The van der Waals surface area contributed by atoms with Crippen LogP contribution in [0.1, 0.15) is 67.3 Å². The van der Waals surface area contributed by atoms with Crippen LogP contribution in [0, 0.1) is 10.8 Å². The number of fused-ring (bicyclic) bond motifs is 6.